The molecule has 1 fully saturated rings. The van der Waals surface area contributed by atoms with Gasteiger partial charge in [0.2, 0.25) is 5.95 Å². The van der Waals surface area contributed by atoms with E-state index >= 15 is 0 Å². The van der Waals surface area contributed by atoms with Crippen LogP contribution in [0.4, 0.5) is 5.95 Å². The van der Waals surface area contributed by atoms with Gasteiger partial charge in [0.25, 0.3) is 0 Å². The van der Waals surface area contributed by atoms with E-state index in [-0.39, 0.29) is 12.6 Å². The van der Waals surface area contributed by atoms with E-state index in [9.17, 15) is 5.11 Å². The van der Waals surface area contributed by atoms with Gasteiger partial charge in [0, 0.05) is 17.9 Å². The third-order valence-electron chi connectivity index (χ3n) is 2.82. The molecule has 2 heterocycles. The van der Waals surface area contributed by atoms with Gasteiger partial charge in [-0.1, -0.05) is 0 Å². The number of anilines is 1. The molecule has 1 aromatic heterocycles. The largest absolute Gasteiger partial charge is 0.394 e. The highest BCUT2D eigenvalue weighted by molar-refractivity contribution is 5.35. The first-order chi connectivity index (χ1) is 7.20. The van der Waals surface area contributed by atoms with Crippen LogP contribution in [0.2, 0.25) is 0 Å². The Labute approximate surface area is 90.0 Å². The highest BCUT2D eigenvalue weighted by Crippen LogP contribution is 2.22. The zero-order valence-electron chi connectivity index (χ0n) is 9.27. The first-order valence-electron chi connectivity index (χ1n) is 5.40. The Kier molecular flexibility index (Phi) is 2.86. The second-order valence-electron chi connectivity index (χ2n) is 4.12. The summed E-state index contributed by atoms with van der Waals surface area (Å²) in [6.45, 7) is 5.09. The lowest BCUT2D eigenvalue weighted by Gasteiger charge is -2.23. The van der Waals surface area contributed by atoms with Crippen LogP contribution < -0.4 is 4.90 Å². The van der Waals surface area contributed by atoms with Gasteiger partial charge in [-0.3, -0.25) is 0 Å². The first-order valence-corrected chi connectivity index (χ1v) is 5.40. The van der Waals surface area contributed by atoms with Crippen LogP contribution >= 0.6 is 0 Å². The summed E-state index contributed by atoms with van der Waals surface area (Å²) in [5.74, 6) is 0.768. The summed E-state index contributed by atoms with van der Waals surface area (Å²) in [6, 6.07) is 2.17. The summed E-state index contributed by atoms with van der Waals surface area (Å²) in [6.07, 6.45) is 2.15. The predicted molar refractivity (Wildman–Crippen MR) is 59.0 cm³/mol. The monoisotopic (exact) mass is 207 g/mol. The average Bonchev–Trinajstić information content (AvgIpc) is 2.63. The molecule has 1 aliphatic rings. The topological polar surface area (TPSA) is 49.2 Å². The molecule has 2 rings (SSSR count). The molecule has 0 amide bonds. The van der Waals surface area contributed by atoms with Crippen molar-refractivity contribution in [1.29, 1.82) is 0 Å². The van der Waals surface area contributed by atoms with Gasteiger partial charge in [0.15, 0.2) is 0 Å². The van der Waals surface area contributed by atoms with Crippen LogP contribution in [0.3, 0.4) is 0 Å². The van der Waals surface area contributed by atoms with E-state index in [1.807, 2.05) is 19.9 Å². The summed E-state index contributed by atoms with van der Waals surface area (Å²) < 4.78 is 0. The summed E-state index contributed by atoms with van der Waals surface area (Å²) in [5.41, 5.74) is 1.97. The molecule has 1 N–H and O–H groups in total. The number of aliphatic hydroxyl groups is 1. The molecule has 1 aliphatic heterocycles. The van der Waals surface area contributed by atoms with Gasteiger partial charge in [-0.2, -0.15) is 0 Å². The fraction of sp³-hybridized carbons (Fsp3) is 0.636. The second-order valence-corrected chi connectivity index (χ2v) is 4.12. The number of aryl methyl sites for hydroxylation is 2. The summed E-state index contributed by atoms with van der Waals surface area (Å²) in [5, 5.41) is 9.24. The normalized spacial score (nSPS) is 21.0. The Hall–Kier alpha value is -1.16. The lowest BCUT2D eigenvalue weighted by Crippen LogP contribution is -2.33. The second kappa shape index (κ2) is 4.14. The van der Waals surface area contributed by atoms with E-state index in [0.717, 1.165) is 36.7 Å². The highest BCUT2D eigenvalue weighted by Gasteiger charge is 2.25. The quantitative estimate of drug-likeness (QED) is 0.787. The number of hydrogen-bond acceptors (Lipinski definition) is 4. The Bertz CT molecular complexity index is 333. The maximum Gasteiger partial charge on any atom is 0.226 e. The minimum absolute atomic E-state index is 0.191. The highest BCUT2D eigenvalue weighted by atomic mass is 16.3. The third kappa shape index (κ3) is 2.09. The molecular weight excluding hydrogens is 190 g/mol. The van der Waals surface area contributed by atoms with Crippen LogP contribution in [0.15, 0.2) is 6.07 Å². The van der Waals surface area contributed by atoms with E-state index in [1.54, 1.807) is 0 Å². The lowest BCUT2D eigenvalue weighted by atomic mass is 10.2. The van der Waals surface area contributed by atoms with Gasteiger partial charge in [-0.05, 0) is 32.8 Å². The number of nitrogens with zero attached hydrogens (tertiary/aromatic N) is 3. The van der Waals surface area contributed by atoms with E-state index in [1.165, 1.54) is 0 Å². The molecule has 4 heteroatoms. The molecule has 0 saturated carbocycles. The van der Waals surface area contributed by atoms with Crippen molar-refractivity contribution in [3.8, 4) is 0 Å². The van der Waals surface area contributed by atoms with Crippen molar-refractivity contribution < 1.29 is 5.11 Å². The number of rotatable bonds is 2. The maximum absolute atomic E-state index is 9.24. The van der Waals surface area contributed by atoms with E-state index in [2.05, 4.69) is 14.9 Å². The molecule has 0 unspecified atom stereocenters. The predicted octanol–water partition coefficient (Wildman–Crippen LogP) is 1.05. The summed E-state index contributed by atoms with van der Waals surface area (Å²) >= 11 is 0. The van der Waals surface area contributed by atoms with Crippen LogP contribution in [-0.4, -0.2) is 34.3 Å². The molecule has 0 aliphatic carbocycles. The Balaban J connectivity index is 2.28. The van der Waals surface area contributed by atoms with Crippen molar-refractivity contribution in [1.82, 2.24) is 9.97 Å². The standard InChI is InChI=1S/C11H17N3O/c1-8-6-9(2)13-11(12-8)14-5-3-4-10(14)7-15/h6,10,15H,3-5,7H2,1-2H3/t10-/m0/s1. The van der Waals surface area contributed by atoms with Crippen LogP contribution in [0, 0.1) is 13.8 Å². The van der Waals surface area contributed by atoms with Crippen LogP contribution in [0.5, 0.6) is 0 Å². The first kappa shape index (κ1) is 10.4. The van der Waals surface area contributed by atoms with Crippen molar-refractivity contribution in [2.75, 3.05) is 18.1 Å². The smallest absolute Gasteiger partial charge is 0.226 e. The number of hydrogen-bond donors (Lipinski definition) is 1. The van der Waals surface area contributed by atoms with Crippen LogP contribution in [-0.2, 0) is 0 Å². The van der Waals surface area contributed by atoms with Crippen LogP contribution in [0.25, 0.3) is 0 Å². The fourth-order valence-corrected chi connectivity index (χ4v) is 2.12. The molecule has 0 radical (unpaired) electrons. The zero-order valence-corrected chi connectivity index (χ0v) is 9.27. The Morgan fingerprint density at radius 3 is 2.67 bits per heavy atom. The Morgan fingerprint density at radius 2 is 2.07 bits per heavy atom. The molecule has 82 valence electrons. The molecule has 0 aromatic carbocycles. The van der Waals surface area contributed by atoms with Gasteiger partial charge < -0.3 is 10.0 Å². The minimum atomic E-state index is 0.191. The molecule has 4 nitrogen and oxygen atoms in total. The van der Waals surface area contributed by atoms with Crippen molar-refractivity contribution in [2.24, 2.45) is 0 Å². The number of aliphatic hydroxyl groups excluding tert-OH is 1. The van der Waals surface area contributed by atoms with E-state index in [0.29, 0.717) is 0 Å². The molecule has 0 spiro atoms. The van der Waals surface area contributed by atoms with Crippen LogP contribution in [0.1, 0.15) is 24.2 Å². The fourth-order valence-electron chi connectivity index (χ4n) is 2.12. The van der Waals surface area contributed by atoms with E-state index in [4.69, 9.17) is 0 Å². The summed E-state index contributed by atoms with van der Waals surface area (Å²) in [7, 11) is 0. The van der Waals surface area contributed by atoms with Crippen molar-refractivity contribution in [3.63, 3.8) is 0 Å². The molecule has 1 aromatic rings. The van der Waals surface area contributed by atoms with E-state index < -0.39 is 0 Å². The third-order valence-corrected chi connectivity index (χ3v) is 2.82. The number of aromatic nitrogens is 2. The zero-order chi connectivity index (χ0) is 10.8. The molecule has 1 saturated heterocycles. The SMILES string of the molecule is Cc1cc(C)nc(N2CCC[C@H]2CO)n1. The van der Waals surface area contributed by atoms with Gasteiger partial charge >= 0.3 is 0 Å². The van der Waals surface area contributed by atoms with Gasteiger partial charge in [0.1, 0.15) is 0 Å². The van der Waals surface area contributed by atoms with Gasteiger partial charge in [0.05, 0.1) is 12.6 Å². The van der Waals surface area contributed by atoms with Crippen molar-refractivity contribution >= 4 is 5.95 Å². The van der Waals surface area contributed by atoms with Gasteiger partial charge in [-0.15, -0.1) is 0 Å². The molecular formula is C11H17N3O. The van der Waals surface area contributed by atoms with Crippen molar-refractivity contribution in [2.45, 2.75) is 32.7 Å². The lowest BCUT2D eigenvalue weighted by molar-refractivity contribution is 0.265. The Morgan fingerprint density at radius 1 is 1.40 bits per heavy atom. The molecule has 15 heavy (non-hydrogen) atoms. The molecule has 0 bridgehead atoms. The summed E-state index contributed by atoms with van der Waals surface area (Å²) in [4.78, 5) is 10.9. The van der Waals surface area contributed by atoms with Crippen molar-refractivity contribution in [3.05, 3.63) is 17.5 Å². The minimum Gasteiger partial charge on any atom is -0.394 e. The van der Waals surface area contributed by atoms with Gasteiger partial charge in [-0.25, -0.2) is 9.97 Å². The maximum atomic E-state index is 9.24. The average molecular weight is 207 g/mol. The molecule has 1 atom stereocenters.